The van der Waals surface area contributed by atoms with E-state index in [0.29, 0.717) is 0 Å². The number of benzene rings is 2. The number of ether oxygens (including phenoxy) is 3. The molecule has 2 aromatic rings. The van der Waals surface area contributed by atoms with Crippen LogP contribution in [0.5, 0.6) is 17.2 Å². The molecule has 1 fully saturated rings. The molecule has 12 atom stereocenters. The zero-order chi connectivity index (χ0) is 63.4. The van der Waals surface area contributed by atoms with E-state index in [9.17, 15) is 88.5 Å². The summed E-state index contributed by atoms with van der Waals surface area (Å²) in [4.78, 5) is 145. The summed E-state index contributed by atoms with van der Waals surface area (Å²) in [5, 5.41) is 96.6. The second-order valence-corrected chi connectivity index (χ2v) is 22.8. The molecule has 1 heterocycles. The van der Waals surface area contributed by atoms with Gasteiger partial charge in [0, 0.05) is 61.3 Å². The first-order chi connectivity index (χ1) is 40.0. The van der Waals surface area contributed by atoms with E-state index in [1.54, 1.807) is 0 Å². The van der Waals surface area contributed by atoms with Crippen LogP contribution in [0.2, 0.25) is 0 Å². The lowest BCUT2D eigenvalue weighted by Crippen LogP contribution is -2.62. The highest BCUT2D eigenvalue weighted by atomic mass is 32.2. The summed E-state index contributed by atoms with van der Waals surface area (Å²) in [6, 6.07) is -4.61. The fourth-order valence-electron chi connectivity index (χ4n) is 9.51. The normalized spacial score (nSPS) is 21.8. The molecule has 30 nitrogen and oxygen atoms in total. The number of aliphatic hydroxyl groups excluding tert-OH is 4. The Balaban J connectivity index is 1.28. The van der Waals surface area contributed by atoms with Crippen LogP contribution < -0.4 is 53.0 Å². The van der Waals surface area contributed by atoms with Crippen molar-refractivity contribution in [3.8, 4) is 17.2 Å². The van der Waals surface area contributed by atoms with E-state index in [1.807, 2.05) is 0 Å². The van der Waals surface area contributed by atoms with Crippen LogP contribution >= 0.6 is 23.5 Å². The Kier molecular flexibility index (Phi) is 24.6. The molecule has 17 N–H and O–H groups in total. The van der Waals surface area contributed by atoms with E-state index < -0.39 is 199 Å². The van der Waals surface area contributed by atoms with Crippen LogP contribution in [0.25, 0.3) is 0 Å². The minimum absolute atomic E-state index is 0.0158. The van der Waals surface area contributed by atoms with Crippen molar-refractivity contribution in [1.82, 2.24) is 42.5 Å². The minimum Gasteiger partial charge on any atom is -0.507 e. The van der Waals surface area contributed by atoms with Gasteiger partial charge in [0.05, 0.1) is 79.1 Å². The van der Waals surface area contributed by atoms with Gasteiger partial charge in [0.25, 0.3) is 0 Å². The second-order valence-electron chi connectivity index (χ2n) is 20.8. The zero-order valence-corrected chi connectivity index (χ0v) is 49.1. The van der Waals surface area contributed by atoms with Crippen molar-refractivity contribution >= 4 is 88.1 Å². The second kappa shape index (κ2) is 30.4. The number of phenols is 2. The molecule has 8 amide bonds. The van der Waals surface area contributed by atoms with Crippen LogP contribution in [0.4, 0.5) is 0 Å². The first-order valence-electron chi connectivity index (χ1n) is 26.7. The van der Waals surface area contributed by atoms with Crippen molar-refractivity contribution in [3.05, 3.63) is 51.6 Å². The van der Waals surface area contributed by atoms with E-state index >= 15 is 0 Å². The molecule has 1 aliphatic heterocycles. The lowest BCUT2D eigenvalue weighted by Gasteiger charge is -2.43. The molecule has 3 aliphatic rings. The number of thioether (sulfide) groups is 2. The number of amides is 8. The van der Waals surface area contributed by atoms with Gasteiger partial charge in [0.15, 0.2) is 17.9 Å². The molecule has 0 saturated carbocycles. The Bertz CT molecular complexity index is 2900. The number of phenolic OH excluding ortho intramolecular Hbond substituents is 2. The van der Waals surface area contributed by atoms with Crippen molar-refractivity contribution in [2.45, 2.75) is 133 Å². The lowest BCUT2D eigenvalue weighted by molar-refractivity contribution is -0.249. The third-order valence-electron chi connectivity index (χ3n) is 14.1. The van der Waals surface area contributed by atoms with Crippen LogP contribution in [-0.4, -0.2) is 217 Å². The molecule has 0 spiro atoms. The third kappa shape index (κ3) is 16.9. The predicted molar refractivity (Wildman–Crippen MR) is 300 cm³/mol. The predicted octanol–water partition coefficient (Wildman–Crippen LogP) is -4.78. The van der Waals surface area contributed by atoms with Gasteiger partial charge >= 0.3 is 0 Å². The Hall–Kier alpha value is -7.01. The van der Waals surface area contributed by atoms with Crippen molar-refractivity contribution in [2.75, 3.05) is 50.1 Å². The van der Waals surface area contributed by atoms with E-state index in [4.69, 9.17) is 19.9 Å². The average molecular weight is 1240 g/mol. The number of Topliss-reactive ketones (excluding diaryl/α,β-unsaturated/α-hetero) is 1. The Morgan fingerprint density at radius 2 is 1.39 bits per heavy atom. The Labute approximate surface area is 495 Å². The van der Waals surface area contributed by atoms with Crippen LogP contribution in [0.1, 0.15) is 103 Å². The summed E-state index contributed by atoms with van der Waals surface area (Å²) >= 11 is 2.08. The number of aliphatic hydroxyl groups is 5. The summed E-state index contributed by atoms with van der Waals surface area (Å²) in [6.07, 6.45) is -9.21. The van der Waals surface area contributed by atoms with Gasteiger partial charge in [-0.15, -0.1) is 23.5 Å². The summed E-state index contributed by atoms with van der Waals surface area (Å²) in [5.41, 5.74) is 1.12. The number of nitrogens with two attached hydrogens (primary N) is 1. The van der Waals surface area contributed by atoms with Gasteiger partial charge in [-0.1, -0.05) is 26.0 Å². The number of carbonyl (C=O) groups excluding carboxylic acids is 11. The molecule has 2 aliphatic carbocycles. The molecule has 468 valence electrons. The van der Waals surface area contributed by atoms with Gasteiger partial charge in [-0.3, -0.25) is 52.7 Å². The molecule has 0 bridgehead atoms. The molecule has 1 saturated heterocycles. The lowest BCUT2D eigenvalue weighted by atomic mass is 9.72. The first kappa shape index (κ1) is 68.8. The van der Waals surface area contributed by atoms with Crippen molar-refractivity contribution < 1.29 is 103 Å². The molecule has 0 aromatic heterocycles. The van der Waals surface area contributed by atoms with Gasteiger partial charge < -0.3 is 98.2 Å². The van der Waals surface area contributed by atoms with Gasteiger partial charge in [0.2, 0.25) is 53.0 Å². The largest absolute Gasteiger partial charge is 0.507 e. The van der Waals surface area contributed by atoms with Gasteiger partial charge in [0.1, 0.15) is 59.7 Å². The van der Waals surface area contributed by atoms with Crippen LogP contribution in [0.15, 0.2) is 18.2 Å². The fraction of sp³-hybridized carbons (Fsp3) is 0.566. The number of hydrogen-bond acceptors (Lipinski definition) is 24. The molecule has 85 heavy (non-hydrogen) atoms. The SMILES string of the molecule is COc1cccc2c1C(=O)c1c(O)c3c(c(O)c1C2=O)C[C@@](O)(C(=O)CO)C[C@@H]3O[C@H]1C[C@H](NC(=O)CNC(=O)[C@H](CSCNC(C)=O)NC(=O)[C@@H](NC(=O)[C@@H](NC(=O)[C@H](CO)NC(=O)[C@@H](N)CSCNC(C)=O)C(C)C)[C@@H](C)O)[C@H](O)[C@H](C)O1. The summed E-state index contributed by atoms with van der Waals surface area (Å²) in [7, 11) is 1.25. The van der Waals surface area contributed by atoms with Crippen molar-refractivity contribution in [1.29, 1.82) is 0 Å². The van der Waals surface area contributed by atoms with Crippen LogP contribution in [-0.2, 0) is 59.0 Å². The molecule has 32 heteroatoms. The number of hydrogen-bond donors (Lipinski definition) is 16. The Morgan fingerprint density at radius 3 is 1.98 bits per heavy atom. The standard InChI is InChI=1S/C53H73N9O21S2/c1-21(2)41(61-50(77)30(15-63)59-48(75)28(54)17-84-19-56-24(5)66)51(78)62-42(22(3)65)52(79)60-31(18-85-20-57-25(6)67)49(76)55-14-35(69)58-29-11-36(82-23(4)43(29)70)83-33-13-53(80,34(68)16-64)12-27-38(33)47(74)40-39(45(27)72)44(71)26-9-8-10-32(81-7)37(26)46(40)73/h8-10,21-23,28-31,33,36,41-43,63-65,70,72,74,80H,11-20,54H2,1-7H3,(H,55,76)(H,56,66)(H,57,67)(H,58,69)(H,59,75)(H,60,79)(H,61,77)(H,62,78)/t22-,23+,28+,29+,30+,31+,33+,36+,41+,42+,43-,53+/m1/s1. The van der Waals surface area contributed by atoms with E-state index in [0.717, 1.165) is 30.4 Å². The molecule has 0 radical (unpaired) electrons. The number of ketones is 3. The summed E-state index contributed by atoms with van der Waals surface area (Å²) in [5.74, 6) is -12.1. The topological polar surface area (TPSA) is 479 Å². The highest BCUT2D eigenvalue weighted by Gasteiger charge is 2.51. The van der Waals surface area contributed by atoms with Crippen molar-refractivity contribution in [2.24, 2.45) is 11.7 Å². The zero-order valence-electron chi connectivity index (χ0n) is 47.5. The van der Waals surface area contributed by atoms with E-state index in [2.05, 4.69) is 42.5 Å². The fourth-order valence-corrected chi connectivity index (χ4v) is 11.2. The summed E-state index contributed by atoms with van der Waals surface area (Å²) < 4.78 is 17.5. The highest BCUT2D eigenvalue weighted by molar-refractivity contribution is 7.99. The smallest absolute Gasteiger partial charge is 0.245 e. The third-order valence-corrected chi connectivity index (χ3v) is 15.9. The van der Waals surface area contributed by atoms with Gasteiger partial charge in [-0.25, -0.2) is 0 Å². The first-order valence-corrected chi connectivity index (χ1v) is 29.0. The highest BCUT2D eigenvalue weighted by Crippen LogP contribution is 2.52. The number of fused-ring (bicyclic) bond motifs is 3. The number of aromatic hydroxyl groups is 2. The number of carbonyl (C=O) groups is 11. The monoisotopic (exact) mass is 1240 g/mol. The van der Waals surface area contributed by atoms with E-state index in [-0.39, 0.29) is 57.2 Å². The van der Waals surface area contributed by atoms with E-state index in [1.165, 1.54) is 59.9 Å². The maximum atomic E-state index is 14.1. The molecule has 0 unspecified atom stereocenters. The van der Waals surface area contributed by atoms with Crippen molar-refractivity contribution in [3.63, 3.8) is 0 Å². The van der Waals surface area contributed by atoms with Gasteiger partial charge in [-0.2, -0.15) is 0 Å². The Morgan fingerprint density at radius 1 is 0.788 bits per heavy atom. The molecule has 2 aromatic carbocycles. The number of nitrogens with one attached hydrogen (secondary N) is 8. The maximum Gasteiger partial charge on any atom is 0.245 e. The maximum absolute atomic E-state index is 14.1. The molecular weight excluding hydrogens is 1160 g/mol. The summed E-state index contributed by atoms with van der Waals surface area (Å²) in [6.45, 7) is 5.23. The minimum atomic E-state index is -2.48. The quantitative estimate of drug-likeness (QED) is 0.0184. The van der Waals surface area contributed by atoms with Crippen LogP contribution in [0, 0.1) is 5.92 Å². The molecular formula is C53H73N9O21S2. The van der Waals surface area contributed by atoms with Crippen LogP contribution in [0.3, 0.4) is 0 Å². The number of methoxy groups -OCH3 is 1. The number of rotatable bonds is 28. The average Bonchev–Trinajstić information content (AvgIpc) is 0.756. The van der Waals surface area contributed by atoms with Gasteiger partial charge in [-0.05, 0) is 25.8 Å². The molecule has 5 rings (SSSR count).